The quantitative estimate of drug-likeness (QED) is 0.661. The van der Waals surface area contributed by atoms with Gasteiger partial charge in [-0.15, -0.1) is 0 Å². The molecule has 0 atom stereocenters. The molecule has 1 aromatic heterocycles. The molecule has 0 aliphatic heterocycles. The highest BCUT2D eigenvalue weighted by atomic mass is 16.5. The van der Waals surface area contributed by atoms with Crippen LogP contribution in [0.15, 0.2) is 36.7 Å². The fraction of sp³-hybridized carbons (Fsp3) is 0.350. The first-order chi connectivity index (χ1) is 13.1. The SMILES string of the molecule is CCCCNC(=O)c1cncc(C(=O)NCc2ccc(OC)c(OC)c2)c1. The predicted octanol–water partition coefficient (Wildman–Crippen LogP) is 2.56. The van der Waals surface area contributed by atoms with Crippen LogP contribution in [0.3, 0.4) is 0 Å². The Balaban J connectivity index is 2.00. The number of unbranched alkanes of at least 4 members (excludes halogenated alkanes) is 1. The predicted molar refractivity (Wildman–Crippen MR) is 102 cm³/mol. The minimum absolute atomic E-state index is 0.231. The van der Waals surface area contributed by atoms with Gasteiger partial charge in [0.05, 0.1) is 25.3 Å². The van der Waals surface area contributed by atoms with Crippen LogP contribution in [-0.2, 0) is 6.54 Å². The van der Waals surface area contributed by atoms with Gasteiger partial charge in [-0.25, -0.2) is 0 Å². The van der Waals surface area contributed by atoms with Crippen molar-refractivity contribution in [1.82, 2.24) is 15.6 Å². The standard InChI is InChI=1S/C20H25N3O4/c1-4-5-8-22-19(24)15-10-16(13-21-12-15)20(25)23-11-14-6-7-17(26-2)18(9-14)27-3/h6-7,9-10,12-13H,4-5,8,11H2,1-3H3,(H,22,24)(H,23,25). The minimum atomic E-state index is -0.305. The number of hydrogen-bond donors (Lipinski definition) is 2. The monoisotopic (exact) mass is 371 g/mol. The molecule has 7 nitrogen and oxygen atoms in total. The molecule has 0 aliphatic rings. The number of hydrogen-bond acceptors (Lipinski definition) is 5. The number of pyridine rings is 1. The maximum absolute atomic E-state index is 12.4. The van der Waals surface area contributed by atoms with Crippen molar-refractivity contribution in [1.29, 1.82) is 0 Å². The maximum Gasteiger partial charge on any atom is 0.253 e. The molecule has 0 saturated carbocycles. The van der Waals surface area contributed by atoms with E-state index in [2.05, 4.69) is 22.5 Å². The van der Waals surface area contributed by atoms with E-state index < -0.39 is 0 Å². The number of nitrogens with one attached hydrogen (secondary N) is 2. The molecule has 0 spiro atoms. The summed E-state index contributed by atoms with van der Waals surface area (Å²) in [7, 11) is 3.13. The highest BCUT2D eigenvalue weighted by Crippen LogP contribution is 2.27. The van der Waals surface area contributed by atoms with E-state index in [0.29, 0.717) is 35.7 Å². The van der Waals surface area contributed by atoms with E-state index in [4.69, 9.17) is 9.47 Å². The van der Waals surface area contributed by atoms with Gasteiger partial charge in [-0.3, -0.25) is 14.6 Å². The van der Waals surface area contributed by atoms with Crippen molar-refractivity contribution in [2.24, 2.45) is 0 Å². The molecule has 0 bridgehead atoms. The Hall–Kier alpha value is -3.09. The van der Waals surface area contributed by atoms with Crippen molar-refractivity contribution < 1.29 is 19.1 Å². The molecular formula is C20H25N3O4. The third-order valence-corrected chi connectivity index (χ3v) is 3.98. The second-order valence-corrected chi connectivity index (χ2v) is 5.94. The normalized spacial score (nSPS) is 10.2. The summed E-state index contributed by atoms with van der Waals surface area (Å²) in [5, 5.41) is 5.63. The van der Waals surface area contributed by atoms with Crippen LogP contribution < -0.4 is 20.1 Å². The molecule has 0 aliphatic carbocycles. The Morgan fingerprint density at radius 1 is 0.963 bits per heavy atom. The molecule has 27 heavy (non-hydrogen) atoms. The minimum Gasteiger partial charge on any atom is -0.493 e. The number of rotatable bonds is 9. The molecule has 144 valence electrons. The van der Waals surface area contributed by atoms with E-state index in [1.807, 2.05) is 6.07 Å². The summed E-state index contributed by atoms with van der Waals surface area (Å²) in [4.78, 5) is 28.5. The molecular weight excluding hydrogens is 346 g/mol. The molecule has 0 radical (unpaired) electrons. The largest absolute Gasteiger partial charge is 0.493 e. The fourth-order valence-corrected chi connectivity index (χ4v) is 2.44. The number of aromatic nitrogens is 1. The third-order valence-electron chi connectivity index (χ3n) is 3.98. The van der Waals surface area contributed by atoms with Gasteiger partial charge in [0.2, 0.25) is 0 Å². The van der Waals surface area contributed by atoms with E-state index in [1.165, 1.54) is 18.5 Å². The van der Waals surface area contributed by atoms with Gasteiger partial charge in [-0.2, -0.15) is 0 Å². The Kier molecular flexibility index (Phi) is 7.61. The maximum atomic E-state index is 12.4. The lowest BCUT2D eigenvalue weighted by Gasteiger charge is -2.11. The van der Waals surface area contributed by atoms with E-state index in [-0.39, 0.29) is 11.8 Å². The summed E-state index contributed by atoms with van der Waals surface area (Å²) in [6.07, 6.45) is 4.79. The van der Waals surface area contributed by atoms with Gasteiger partial charge in [0.25, 0.3) is 11.8 Å². The van der Waals surface area contributed by atoms with E-state index in [0.717, 1.165) is 18.4 Å². The van der Waals surface area contributed by atoms with Gasteiger partial charge in [0.1, 0.15) is 0 Å². The van der Waals surface area contributed by atoms with E-state index >= 15 is 0 Å². The number of methoxy groups -OCH3 is 2. The Labute approximate surface area is 159 Å². The van der Waals surface area contributed by atoms with Crippen LogP contribution in [0.25, 0.3) is 0 Å². The lowest BCUT2D eigenvalue weighted by atomic mass is 10.1. The fourth-order valence-electron chi connectivity index (χ4n) is 2.44. The van der Waals surface area contributed by atoms with Gasteiger partial charge in [-0.05, 0) is 30.2 Å². The zero-order valence-corrected chi connectivity index (χ0v) is 15.9. The molecule has 2 N–H and O–H groups in total. The van der Waals surface area contributed by atoms with Crippen LogP contribution in [0.4, 0.5) is 0 Å². The Morgan fingerprint density at radius 2 is 1.63 bits per heavy atom. The van der Waals surface area contributed by atoms with Crippen molar-refractivity contribution >= 4 is 11.8 Å². The number of carbonyl (C=O) groups excluding carboxylic acids is 2. The van der Waals surface area contributed by atoms with Crippen LogP contribution in [0.5, 0.6) is 11.5 Å². The number of carbonyl (C=O) groups is 2. The molecule has 7 heteroatoms. The van der Waals surface area contributed by atoms with E-state index in [1.54, 1.807) is 26.4 Å². The lowest BCUT2D eigenvalue weighted by molar-refractivity contribution is 0.0950. The second-order valence-electron chi connectivity index (χ2n) is 5.94. The molecule has 0 saturated heterocycles. The molecule has 2 amide bonds. The molecule has 1 aromatic carbocycles. The van der Waals surface area contributed by atoms with Crippen molar-refractivity contribution in [3.05, 3.63) is 53.3 Å². The van der Waals surface area contributed by atoms with Crippen molar-refractivity contribution in [2.75, 3.05) is 20.8 Å². The number of amides is 2. The highest BCUT2D eigenvalue weighted by Gasteiger charge is 2.12. The summed E-state index contributed by atoms with van der Waals surface area (Å²) < 4.78 is 10.5. The third kappa shape index (κ3) is 5.70. The Bertz CT molecular complexity index is 793. The summed E-state index contributed by atoms with van der Waals surface area (Å²) in [6.45, 7) is 2.97. The molecule has 2 aromatic rings. The van der Waals surface area contributed by atoms with Gasteiger partial charge in [-0.1, -0.05) is 19.4 Å². The zero-order valence-electron chi connectivity index (χ0n) is 15.9. The summed E-state index contributed by atoms with van der Waals surface area (Å²) in [5.41, 5.74) is 1.56. The van der Waals surface area contributed by atoms with Gasteiger partial charge < -0.3 is 20.1 Å². The van der Waals surface area contributed by atoms with Crippen molar-refractivity contribution in [3.63, 3.8) is 0 Å². The van der Waals surface area contributed by atoms with Crippen molar-refractivity contribution in [3.8, 4) is 11.5 Å². The molecule has 1 heterocycles. The van der Waals surface area contributed by atoms with E-state index in [9.17, 15) is 9.59 Å². The number of nitrogens with zero attached hydrogens (tertiary/aromatic N) is 1. The lowest BCUT2D eigenvalue weighted by Crippen LogP contribution is -2.26. The van der Waals surface area contributed by atoms with Crippen LogP contribution in [0.2, 0.25) is 0 Å². The second kappa shape index (κ2) is 10.2. The summed E-state index contributed by atoms with van der Waals surface area (Å²) >= 11 is 0. The highest BCUT2D eigenvalue weighted by molar-refractivity contribution is 5.99. The van der Waals surface area contributed by atoms with Crippen molar-refractivity contribution in [2.45, 2.75) is 26.3 Å². The first-order valence-electron chi connectivity index (χ1n) is 8.81. The topological polar surface area (TPSA) is 89.6 Å². The average molecular weight is 371 g/mol. The average Bonchev–Trinajstić information content (AvgIpc) is 2.71. The Morgan fingerprint density at radius 3 is 2.26 bits per heavy atom. The first kappa shape index (κ1) is 20.2. The van der Waals surface area contributed by atoms with Crippen LogP contribution in [0, 0.1) is 0 Å². The van der Waals surface area contributed by atoms with Crippen LogP contribution in [-0.4, -0.2) is 37.6 Å². The zero-order chi connectivity index (χ0) is 19.6. The molecule has 0 fully saturated rings. The van der Waals surface area contributed by atoms with Gasteiger partial charge >= 0.3 is 0 Å². The molecule has 0 unspecified atom stereocenters. The summed E-state index contributed by atoms with van der Waals surface area (Å²) in [6, 6.07) is 6.97. The first-order valence-corrected chi connectivity index (χ1v) is 8.81. The van der Waals surface area contributed by atoms with Gasteiger partial charge in [0.15, 0.2) is 11.5 Å². The smallest absolute Gasteiger partial charge is 0.253 e. The van der Waals surface area contributed by atoms with Gasteiger partial charge in [0, 0.05) is 25.5 Å². The molecule has 2 rings (SSSR count). The number of ether oxygens (including phenoxy) is 2. The number of benzene rings is 1. The van der Waals surface area contributed by atoms with Crippen LogP contribution >= 0.6 is 0 Å². The van der Waals surface area contributed by atoms with Crippen LogP contribution in [0.1, 0.15) is 46.0 Å². The summed E-state index contributed by atoms with van der Waals surface area (Å²) in [5.74, 6) is 0.682.